The van der Waals surface area contributed by atoms with Crippen LogP contribution in [0.15, 0.2) is 30.3 Å². The first-order chi connectivity index (χ1) is 8.58. The van der Waals surface area contributed by atoms with E-state index in [1.165, 1.54) is 23.5 Å². The Morgan fingerprint density at radius 1 is 1.17 bits per heavy atom. The lowest BCUT2D eigenvalue weighted by Gasteiger charge is -2.00. The minimum absolute atomic E-state index is 0.0261. The summed E-state index contributed by atoms with van der Waals surface area (Å²) in [7, 11) is 0. The molecule has 2 rings (SSSR count). The molecule has 1 nitrogen and oxygen atoms in total. The van der Waals surface area contributed by atoms with E-state index in [0.717, 1.165) is 17.4 Å². The molecule has 1 aromatic heterocycles. The average molecular weight is 266 g/mol. The van der Waals surface area contributed by atoms with Crippen LogP contribution in [0, 0.1) is 11.6 Å². The van der Waals surface area contributed by atoms with Crippen molar-refractivity contribution in [2.24, 2.45) is 0 Å². The van der Waals surface area contributed by atoms with Crippen LogP contribution in [0.5, 0.6) is 0 Å². The third-order valence-corrected chi connectivity index (χ3v) is 3.84. The van der Waals surface area contributed by atoms with E-state index < -0.39 is 11.6 Å². The van der Waals surface area contributed by atoms with Gasteiger partial charge in [0.05, 0.1) is 4.88 Å². The predicted molar refractivity (Wildman–Crippen MR) is 68.1 cm³/mol. The number of benzene rings is 1. The molecule has 2 aromatic rings. The Hall–Kier alpha value is -1.55. The zero-order valence-electron chi connectivity index (χ0n) is 9.87. The van der Waals surface area contributed by atoms with Gasteiger partial charge in [0.25, 0.3) is 0 Å². The van der Waals surface area contributed by atoms with Gasteiger partial charge in [0, 0.05) is 17.4 Å². The van der Waals surface area contributed by atoms with E-state index in [0.29, 0.717) is 10.4 Å². The van der Waals surface area contributed by atoms with E-state index >= 15 is 0 Å². The first-order valence-corrected chi connectivity index (χ1v) is 6.47. The van der Waals surface area contributed by atoms with Crippen LogP contribution >= 0.6 is 11.3 Å². The van der Waals surface area contributed by atoms with E-state index in [1.54, 1.807) is 6.07 Å². The van der Waals surface area contributed by atoms with Crippen molar-refractivity contribution in [3.63, 3.8) is 0 Å². The van der Waals surface area contributed by atoms with E-state index in [1.807, 2.05) is 13.0 Å². The fourth-order valence-electron chi connectivity index (χ4n) is 1.70. The second-order valence-corrected chi connectivity index (χ2v) is 5.17. The van der Waals surface area contributed by atoms with Crippen LogP contribution in [0.25, 0.3) is 0 Å². The Balaban J connectivity index is 2.15. The van der Waals surface area contributed by atoms with Crippen LogP contribution in [0.3, 0.4) is 0 Å². The lowest BCUT2D eigenvalue weighted by atomic mass is 10.1. The highest BCUT2D eigenvalue weighted by Crippen LogP contribution is 2.19. The number of halogens is 2. The van der Waals surface area contributed by atoms with Crippen LogP contribution < -0.4 is 0 Å². The summed E-state index contributed by atoms with van der Waals surface area (Å²) < 4.78 is 26.0. The molecule has 1 aromatic carbocycles. The summed E-state index contributed by atoms with van der Waals surface area (Å²) in [5.41, 5.74) is 0.365. The lowest BCUT2D eigenvalue weighted by molar-refractivity contribution is 0.0997. The van der Waals surface area contributed by atoms with Crippen molar-refractivity contribution in [2.45, 2.75) is 19.8 Å². The minimum atomic E-state index is -0.654. The van der Waals surface area contributed by atoms with Crippen LogP contribution in [-0.4, -0.2) is 5.78 Å². The standard InChI is InChI=1S/C14H12F2OS/c1-2-12-3-4-14(18-12)13(17)7-9-5-10(15)8-11(16)6-9/h3-6,8H,2,7H2,1H3. The monoisotopic (exact) mass is 266 g/mol. The van der Waals surface area contributed by atoms with Crippen molar-refractivity contribution in [3.8, 4) is 0 Å². The number of hydrogen-bond acceptors (Lipinski definition) is 2. The Labute approximate surface area is 108 Å². The summed E-state index contributed by atoms with van der Waals surface area (Å²) in [6, 6.07) is 6.85. The predicted octanol–water partition coefficient (Wildman–Crippen LogP) is 4.01. The molecule has 0 aliphatic rings. The number of Topliss-reactive ketones (excluding diaryl/α,β-unsaturated/α-hetero) is 1. The molecule has 18 heavy (non-hydrogen) atoms. The van der Waals surface area contributed by atoms with Crippen LogP contribution in [0.4, 0.5) is 8.78 Å². The summed E-state index contributed by atoms with van der Waals surface area (Å²) in [5, 5.41) is 0. The molecular weight excluding hydrogens is 254 g/mol. The first-order valence-electron chi connectivity index (χ1n) is 5.65. The molecule has 0 aliphatic carbocycles. The third-order valence-electron chi connectivity index (χ3n) is 2.57. The maximum absolute atomic E-state index is 13.0. The number of aryl methyl sites for hydroxylation is 1. The normalized spacial score (nSPS) is 10.6. The molecule has 4 heteroatoms. The molecule has 0 amide bonds. The van der Waals surface area contributed by atoms with Gasteiger partial charge in [-0.2, -0.15) is 0 Å². The molecular formula is C14H12F2OS. The highest BCUT2D eigenvalue weighted by Gasteiger charge is 2.11. The number of rotatable bonds is 4. The Morgan fingerprint density at radius 3 is 2.39 bits per heavy atom. The summed E-state index contributed by atoms with van der Waals surface area (Å²) >= 11 is 1.43. The van der Waals surface area contributed by atoms with Gasteiger partial charge < -0.3 is 0 Å². The number of hydrogen-bond donors (Lipinski definition) is 0. The van der Waals surface area contributed by atoms with E-state index in [9.17, 15) is 13.6 Å². The summed E-state index contributed by atoms with van der Waals surface area (Å²) in [6.45, 7) is 2.02. The summed E-state index contributed by atoms with van der Waals surface area (Å²) in [4.78, 5) is 13.7. The Kier molecular flexibility index (Phi) is 3.87. The maximum atomic E-state index is 13.0. The molecule has 0 N–H and O–H groups in total. The summed E-state index contributed by atoms with van der Waals surface area (Å²) in [5.74, 6) is -1.42. The van der Waals surface area contributed by atoms with Crippen LogP contribution in [0.1, 0.15) is 27.0 Å². The second kappa shape index (κ2) is 5.40. The third kappa shape index (κ3) is 3.01. The Morgan fingerprint density at radius 2 is 1.83 bits per heavy atom. The second-order valence-electron chi connectivity index (χ2n) is 4.00. The summed E-state index contributed by atoms with van der Waals surface area (Å²) in [6.07, 6.45) is 0.908. The van der Waals surface area contributed by atoms with Crippen molar-refractivity contribution < 1.29 is 13.6 Å². The fraction of sp³-hybridized carbons (Fsp3) is 0.214. The van der Waals surface area contributed by atoms with Gasteiger partial charge in [-0.15, -0.1) is 11.3 Å². The van der Waals surface area contributed by atoms with E-state index in [-0.39, 0.29) is 12.2 Å². The zero-order chi connectivity index (χ0) is 13.1. The van der Waals surface area contributed by atoms with Crippen LogP contribution in [-0.2, 0) is 12.8 Å². The average Bonchev–Trinajstić information content (AvgIpc) is 2.75. The molecule has 0 unspecified atom stereocenters. The molecule has 0 saturated heterocycles. The minimum Gasteiger partial charge on any atom is -0.293 e. The SMILES string of the molecule is CCc1ccc(C(=O)Cc2cc(F)cc(F)c2)s1. The van der Waals surface area contributed by atoms with Gasteiger partial charge in [0.2, 0.25) is 0 Å². The van der Waals surface area contributed by atoms with Crippen LogP contribution in [0.2, 0.25) is 0 Å². The smallest absolute Gasteiger partial charge is 0.177 e. The zero-order valence-corrected chi connectivity index (χ0v) is 10.7. The highest BCUT2D eigenvalue weighted by molar-refractivity contribution is 7.14. The number of carbonyl (C=O) groups excluding carboxylic acids is 1. The maximum Gasteiger partial charge on any atom is 0.177 e. The molecule has 94 valence electrons. The van der Waals surface area contributed by atoms with Crippen molar-refractivity contribution >= 4 is 17.1 Å². The van der Waals surface area contributed by atoms with Crippen molar-refractivity contribution in [2.75, 3.05) is 0 Å². The van der Waals surface area contributed by atoms with Crippen molar-refractivity contribution in [1.29, 1.82) is 0 Å². The largest absolute Gasteiger partial charge is 0.293 e. The van der Waals surface area contributed by atoms with E-state index in [4.69, 9.17) is 0 Å². The molecule has 0 fully saturated rings. The van der Waals surface area contributed by atoms with Gasteiger partial charge >= 0.3 is 0 Å². The van der Waals surface area contributed by atoms with Gasteiger partial charge in [0.1, 0.15) is 11.6 Å². The van der Waals surface area contributed by atoms with E-state index in [2.05, 4.69) is 0 Å². The topological polar surface area (TPSA) is 17.1 Å². The molecule has 1 heterocycles. The van der Waals surface area contributed by atoms with Gasteiger partial charge in [0.15, 0.2) is 5.78 Å². The molecule has 0 saturated carbocycles. The highest BCUT2D eigenvalue weighted by atomic mass is 32.1. The van der Waals surface area contributed by atoms with Gasteiger partial charge in [-0.3, -0.25) is 4.79 Å². The molecule has 0 spiro atoms. The lowest BCUT2D eigenvalue weighted by Crippen LogP contribution is -2.02. The quantitative estimate of drug-likeness (QED) is 0.764. The molecule has 0 atom stereocenters. The first kappa shape index (κ1) is 12.9. The molecule has 0 bridgehead atoms. The number of ketones is 1. The van der Waals surface area contributed by atoms with Gasteiger partial charge in [-0.05, 0) is 36.2 Å². The Bertz CT molecular complexity index is 555. The van der Waals surface area contributed by atoms with Crippen molar-refractivity contribution in [3.05, 3.63) is 57.3 Å². The van der Waals surface area contributed by atoms with Gasteiger partial charge in [-0.1, -0.05) is 6.92 Å². The fourth-order valence-corrected chi connectivity index (χ4v) is 2.59. The number of carbonyl (C=O) groups is 1. The number of thiophene rings is 1. The van der Waals surface area contributed by atoms with Crippen molar-refractivity contribution in [1.82, 2.24) is 0 Å². The molecule has 0 aliphatic heterocycles. The molecule has 0 radical (unpaired) electrons. The van der Waals surface area contributed by atoms with Gasteiger partial charge in [-0.25, -0.2) is 8.78 Å².